The van der Waals surface area contributed by atoms with Gasteiger partial charge >= 0.3 is 0 Å². The van der Waals surface area contributed by atoms with E-state index in [1.54, 1.807) is 24.3 Å². The van der Waals surface area contributed by atoms with Crippen molar-refractivity contribution < 1.29 is 14.3 Å². The topological polar surface area (TPSA) is 99.0 Å². The summed E-state index contributed by atoms with van der Waals surface area (Å²) < 4.78 is 6.85. The Morgan fingerprint density at radius 2 is 1.86 bits per heavy atom. The number of nitrogens with zero attached hydrogens (tertiary/aromatic N) is 4. The summed E-state index contributed by atoms with van der Waals surface area (Å²) >= 11 is 0. The van der Waals surface area contributed by atoms with Crippen molar-refractivity contribution in [1.82, 2.24) is 19.7 Å². The fraction of sp³-hybridized carbons (Fsp3) is 0.286. The first-order valence-corrected chi connectivity index (χ1v) is 9.28. The molecule has 0 bridgehead atoms. The number of rotatable bonds is 4. The van der Waals surface area contributed by atoms with Gasteiger partial charge in [-0.3, -0.25) is 9.59 Å². The molecule has 2 aromatic heterocycles. The van der Waals surface area contributed by atoms with E-state index >= 15 is 0 Å². The predicted molar refractivity (Wildman–Crippen MR) is 107 cm³/mol. The monoisotopic (exact) mass is 391 g/mol. The van der Waals surface area contributed by atoms with Gasteiger partial charge in [-0.05, 0) is 39.0 Å². The molecule has 0 fully saturated rings. The van der Waals surface area contributed by atoms with E-state index in [0.29, 0.717) is 34.3 Å². The van der Waals surface area contributed by atoms with E-state index < -0.39 is 5.92 Å². The number of aryl methyl sites for hydroxylation is 3. The molecule has 0 spiro atoms. The maximum absolute atomic E-state index is 13.4. The van der Waals surface area contributed by atoms with E-state index in [9.17, 15) is 9.59 Å². The third kappa shape index (κ3) is 3.26. The van der Waals surface area contributed by atoms with Crippen LogP contribution in [-0.4, -0.2) is 38.5 Å². The molecule has 29 heavy (non-hydrogen) atoms. The zero-order chi connectivity index (χ0) is 20.7. The molecule has 1 unspecified atom stereocenters. The van der Waals surface area contributed by atoms with Crippen molar-refractivity contribution in [1.29, 1.82) is 0 Å². The molecule has 0 radical (unpaired) electrons. The highest BCUT2D eigenvalue weighted by molar-refractivity contribution is 6.09. The highest BCUT2D eigenvalue weighted by atomic mass is 16.5. The number of carbonyl (C=O) groups is 2. The molecule has 0 saturated carbocycles. The van der Waals surface area contributed by atoms with Crippen LogP contribution in [0.25, 0.3) is 5.95 Å². The third-order valence-corrected chi connectivity index (χ3v) is 4.95. The van der Waals surface area contributed by atoms with Crippen LogP contribution in [0.3, 0.4) is 0 Å². The minimum Gasteiger partial charge on any atom is -0.496 e. The minimum absolute atomic E-state index is 0.0458. The number of methoxy groups -OCH3 is 1. The van der Waals surface area contributed by atoms with Gasteiger partial charge in [0.2, 0.25) is 5.91 Å². The molecule has 3 heterocycles. The number of hydrogen-bond donors (Lipinski definition) is 1. The third-order valence-electron chi connectivity index (χ3n) is 4.95. The molecule has 8 heteroatoms. The molecule has 0 aliphatic carbocycles. The van der Waals surface area contributed by atoms with Gasteiger partial charge in [-0.1, -0.05) is 12.1 Å². The average Bonchev–Trinajstić information content (AvgIpc) is 3.02. The van der Waals surface area contributed by atoms with Gasteiger partial charge in [0.15, 0.2) is 5.78 Å². The van der Waals surface area contributed by atoms with Crippen LogP contribution in [0.2, 0.25) is 0 Å². The number of nitrogens with one attached hydrogen (secondary N) is 1. The van der Waals surface area contributed by atoms with Crippen molar-refractivity contribution in [2.24, 2.45) is 0 Å². The van der Waals surface area contributed by atoms with Crippen molar-refractivity contribution in [3.63, 3.8) is 0 Å². The van der Waals surface area contributed by atoms with Crippen molar-refractivity contribution >= 4 is 17.5 Å². The highest BCUT2D eigenvalue weighted by Crippen LogP contribution is 2.39. The number of anilines is 1. The lowest BCUT2D eigenvalue weighted by atomic mass is 9.85. The van der Waals surface area contributed by atoms with Gasteiger partial charge < -0.3 is 10.1 Å². The Bertz CT molecular complexity index is 1120. The van der Waals surface area contributed by atoms with Gasteiger partial charge in [-0.25, -0.2) is 9.97 Å². The maximum Gasteiger partial charge on any atom is 0.252 e. The Morgan fingerprint density at radius 3 is 2.55 bits per heavy atom. The maximum atomic E-state index is 13.4. The first-order valence-electron chi connectivity index (χ1n) is 9.28. The predicted octanol–water partition coefficient (Wildman–Crippen LogP) is 2.90. The number of aromatic nitrogens is 4. The fourth-order valence-corrected chi connectivity index (χ4v) is 3.75. The first kappa shape index (κ1) is 18.8. The van der Waals surface area contributed by atoms with Crippen LogP contribution in [-0.2, 0) is 4.79 Å². The molecule has 1 N–H and O–H groups in total. The lowest BCUT2D eigenvalue weighted by Gasteiger charge is -2.23. The molecule has 3 aromatic rings. The summed E-state index contributed by atoms with van der Waals surface area (Å²) in [6.45, 7) is 5.55. The van der Waals surface area contributed by atoms with Crippen molar-refractivity contribution in [3.8, 4) is 11.7 Å². The Kier molecular flexibility index (Phi) is 4.62. The lowest BCUT2D eigenvalue weighted by Crippen LogP contribution is -2.29. The number of amides is 1. The zero-order valence-corrected chi connectivity index (χ0v) is 16.7. The Morgan fingerprint density at radius 1 is 1.17 bits per heavy atom. The number of Topliss-reactive ketones (excluding diaryl/α,β-unsaturated/α-hetero) is 1. The molecule has 1 atom stereocenters. The van der Waals surface area contributed by atoms with Gasteiger partial charge in [0.1, 0.15) is 11.6 Å². The molecular formula is C21H21N5O3. The summed E-state index contributed by atoms with van der Waals surface area (Å²) in [7, 11) is 1.52. The van der Waals surface area contributed by atoms with Crippen LogP contribution < -0.4 is 10.1 Å². The van der Waals surface area contributed by atoms with Crippen LogP contribution in [0.5, 0.6) is 5.75 Å². The van der Waals surface area contributed by atoms with Gasteiger partial charge in [0.05, 0.1) is 24.3 Å². The molecule has 1 aliphatic heterocycles. The van der Waals surface area contributed by atoms with Gasteiger partial charge in [-0.2, -0.15) is 9.78 Å². The largest absolute Gasteiger partial charge is 0.496 e. The minimum atomic E-state index is -0.658. The van der Waals surface area contributed by atoms with E-state index in [4.69, 9.17) is 4.74 Å². The number of carbonyl (C=O) groups excluding carboxylic acids is 2. The summed E-state index contributed by atoms with van der Waals surface area (Å²) in [4.78, 5) is 34.7. The quantitative estimate of drug-likeness (QED) is 0.687. The number of fused-ring (bicyclic) bond motifs is 1. The molecule has 1 aromatic carbocycles. The van der Waals surface area contributed by atoms with Crippen molar-refractivity contribution in [2.75, 3.05) is 12.4 Å². The summed E-state index contributed by atoms with van der Waals surface area (Å²) in [6, 6.07) is 8.88. The van der Waals surface area contributed by atoms with Crippen molar-refractivity contribution in [3.05, 3.63) is 58.5 Å². The second-order valence-electron chi connectivity index (χ2n) is 7.08. The number of hydrogen-bond acceptors (Lipinski definition) is 6. The highest BCUT2D eigenvalue weighted by Gasteiger charge is 2.37. The lowest BCUT2D eigenvalue weighted by molar-refractivity contribution is -0.116. The molecule has 8 nitrogen and oxygen atoms in total. The molecule has 1 aliphatic rings. The van der Waals surface area contributed by atoms with E-state index in [1.807, 2.05) is 26.8 Å². The van der Waals surface area contributed by atoms with E-state index in [-0.39, 0.29) is 18.1 Å². The summed E-state index contributed by atoms with van der Waals surface area (Å²) in [5.74, 6) is 0.191. The summed E-state index contributed by atoms with van der Waals surface area (Å²) in [5, 5.41) is 7.39. The van der Waals surface area contributed by atoms with Crippen LogP contribution in [0, 0.1) is 20.8 Å². The molecular weight excluding hydrogens is 370 g/mol. The number of para-hydroxylation sites is 1. The Labute approximate surface area is 167 Å². The van der Waals surface area contributed by atoms with E-state index in [0.717, 1.165) is 11.4 Å². The average molecular weight is 391 g/mol. The fourth-order valence-electron chi connectivity index (χ4n) is 3.75. The summed E-state index contributed by atoms with van der Waals surface area (Å²) in [5.41, 5.74) is 3.35. The van der Waals surface area contributed by atoms with Gasteiger partial charge in [0, 0.05) is 23.4 Å². The normalized spacial score (nSPS) is 15.6. The second kappa shape index (κ2) is 7.12. The number of benzene rings is 1. The Balaban J connectivity index is 1.85. The SMILES string of the molecule is COc1ccccc1C(=O)C1CC(=O)Nc2c1c(C)nn2-c1nc(C)cc(C)n1. The molecule has 1 amide bonds. The number of ether oxygens (including phenoxy) is 1. The van der Waals surface area contributed by atoms with Crippen LogP contribution in [0.1, 0.15) is 45.3 Å². The van der Waals surface area contributed by atoms with Crippen molar-refractivity contribution in [2.45, 2.75) is 33.1 Å². The zero-order valence-electron chi connectivity index (χ0n) is 16.7. The second-order valence-corrected chi connectivity index (χ2v) is 7.08. The number of ketones is 1. The van der Waals surface area contributed by atoms with E-state index in [2.05, 4.69) is 20.4 Å². The van der Waals surface area contributed by atoms with Crippen LogP contribution >= 0.6 is 0 Å². The van der Waals surface area contributed by atoms with E-state index in [1.165, 1.54) is 11.8 Å². The molecule has 0 saturated heterocycles. The van der Waals surface area contributed by atoms with Crippen LogP contribution in [0.4, 0.5) is 5.82 Å². The van der Waals surface area contributed by atoms with Gasteiger partial charge in [0.25, 0.3) is 5.95 Å². The first-order chi connectivity index (χ1) is 13.9. The Hall–Kier alpha value is -3.55. The standard InChI is InChI=1S/C21H21N5O3/c1-11-9-12(2)23-21(22-11)26-20-18(13(3)25-26)15(10-17(27)24-20)19(28)14-7-5-6-8-16(14)29-4/h5-9,15H,10H2,1-4H3,(H,24,27). The smallest absolute Gasteiger partial charge is 0.252 e. The molecule has 4 rings (SSSR count). The summed E-state index contributed by atoms with van der Waals surface area (Å²) in [6.07, 6.45) is 0.0458. The van der Waals surface area contributed by atoms with Gasteiger partial charge in [-0.15, -0.1) is 0 Å². The molecule has 148 valence electrons. The van der Waals surface area contributed by atoms with Crippen LogP contribution in [0.15, 0.2) is 30.3 Å².